The predicted octanol–water partition coefficient (Wildman–Crippen LogP) is 2.28. The van der Waals surface area contributed by atoms with Gasteiger partial charge in [0.05, 0.1) is 21.9 Å². The van der Waals surface area contributed by atoms with E-state index in [0.29, 0.717) is 21.0 Å². The molecule has 0 radical (unpaired) electrons. The van der Waals surface area contributed by atoms with E-state index in [1.54, 1.807) is 10.9 Å². The third kappa shape index (κ3) is 3.06. The van der Waals surface area contributed by atoms with E-state index in [9.17, 15) is 0 Å². The maximum atomic E-state index is 6.05. The molecule has 0 aromatic carbocycles. The van der Waals surface area contributed by atoms with E-state index < -0.39 is 0 Å². The second-order valence-electron chi connectivity index (χ2n) is 3.32. The molecular formula is C9H8Cl2IN5. The first-order valence-corrected chi connectivity index (χ1v) is 6.53. The Hall–Kier alpha value is -0.440. The average Bonchev–Trinajstić information content (AvgIpc) is 2.76. The minimum absolute atomic E-state index is 0.0985. The first-order valence-electron chi connectivity index (χ1n) is 4.69. The summed E-state index contributed by atoms with van der Waals surface area (Å²) >= 11 is 13.7. The summed E-state index contributed by atoms with van der Waals surface area (Å²) in [6, 6.07) is 1.50. The molecule has 0 aliphatic carbocycles. The standard InChI is InChI=1S/C9H8Cl2IN5/c10-8-6(12)7(15-9(11)16-8)5(13)4-17-3-1-2-14-17/h1-3,5H,4,13H2. The van der Waals surface area contributed by atoms with E-state index in [4.69, 9.17) is 28.9 Å². The SMILES string of the molecule is NC(Cn1cccn1)c1nc(Cl)nc(Cl)c1I. The van der Waals surface area contributed by atoms with Crippen LogP contribution in [0, 0.1) is 3.57 Å². The van der Waals surface area contributed by atoms with Gasteiger partial charge in [-0.1, -0.05) is 11.6 Å². The van der Waals surface area contributed by atoms with Crippen LogP contribution in [0.25, 0.3) is 0 Å². The Morgan fingerprint density at radius 3 is 2.82 bits per heavy atom. The predicted molar refractivity (Wildman–Crippen MR) is 73.9 cm³/mol. The highest BCUT2D eigenvalue weighted by Gasteiger charge is 2.17. The number of nitrogens with zero attached hydrogens (tertiary/aromatic N) is 4. The summed E-state index contributed by atoms with van der Waals surface area (Å²) in [5.74, 6) is 0. The number of hydrogen-bond donors (Lipinski definition) is 1. The van der Waals surface area contributed by atoms with Crippen molar-refractivity contribution in [3.8, 4) is 0 Å². The molecule has 2 rings (SSSR count). The van der Waals surface area contributed by atoms with E-state index in [0.717, 1.165) is 0 Å². The molecule has 1 unspecified atom stereocenters. The Morgan fingerprint density at radius 1 is 1.41 bits per heavy atom. The summed E-state index contributed by atoms with van der Waals surface area (Å²) in [6.45, 7) is 0.507. The van der Waals surface area contributed by atoms with Crippen molar-refractivity contribution in [3.63, 3.8) is 0 Å². The van der Waals surface area contributed by atoms with Gasteiger partial charge in [0.15, 0.2) is 0 Å². The van der Waals surface area contributed by atoms with Gasteiger partial charge >= 0.3 is 0 Å². The first-order chi connectivity index (χ1) is 8.08. The maximum absolute atomic E-state index is 6.05. The Kier molecular flexibility index (Phi) is 4.18. The molecule has 0 bridgehead atoms. The number of nitrogens with two attached hydrogens (primary N) is 1. The van der Waals surface area contributed by atoms with Crippen LogP contribution in [-0.2, 0) is 6.54 Å². The molecule has 90 valence electrons. The van der Waals surface area contributed by atoms with Crippen LogP contribution in [-0.4, -0.2) is 19.7 Å². The van der Waals surface area contributed by atoms with E-state index in [-0.39, 0.29) is 11.3 Å². The summed E-state index contributed by atoms with van der Waals surface area (Å²) < 4.78 is 2.44. The van der Waals surface area contributed by atoms with Crippen LogP contribution < -0.4 is 5.73 Å². The van der Waals surface area contributed by atoms with Crippen molar-refractivity contribution in [3.05, 3.63) is 38.2 Å². The number of halogens is 3. The van der Waals surface area contributed by atoms with Crippen molar-refractivity contribution in [2.75, 3.05) is 0 Å². The molecule has 0 fully saturated rings. The van der Waals surface area contributed by atoms with E-state index in [2.05, 4.69) is 37.7 Å². The molecule has 17 heavy (non-hydrogen) atoms. The number of hydrogen-bond acceptors (Lipinski definition) is 4. The summed E-state index contributed by atoms with van der Waals surface area (Å²) in [5, 5.41) is 4.50. The maximum Gasteiger partial charge on any atom is 0.224 e. The lowest BCUT2D eigenvalue weighted by molar-refractivity contribution is 0.516. The van der Waals surface area contributed by atoms with Crippen LogP contribution in [0.3, 0.4) is 0 Å². The topological polar surface area (TPSA) is 69.6 Å². The number of rotatable bonds is 3. The Balaban J connectivity index is 2.27. The fraction of sp³-hybridized carbons (Fsp3) is 0.222. The molecule has 0 spiro atoms. The highest BCUT2D eigenvalue weighted by atomic mass is 127. The van der Waals surface area contributed by atoms with Gasteiger partial charge in [-0.25, -0.2) is 9.97 Å². The number of aromatic nitrogens is 4. The van der Waals surface area contributed by atoms with E-state index in [1.165, 1.54) is 0 Å². The van der Waals surface area contributed by atoms with Gasteiger partial charge < -0.3 is 5.73 Å². The smallest absolute Gasteiger partial charge is 0.224 e. The average molecular weight is 384 g/mol. The van der Waals surface area contributed by atoms with E-state index in [1.807, 2.05) is 12.3 Å². The quantitative estimate of drug-likeness (QED) is 0.501. The second-order valence-corrected chi connectivity index (χ2v) is 5.09. The van der Waals surface area contributed by atoms with Crippen LogP contribution >= 0.6 is 45.8 Å². The van der Waals surface area contributed by atoms with Crippen molar-refractivity contribution < 1.29 is 0 Å². The van der Waals surface area contributed by atoms with Gasteiger partial charge in [-0.05, 0) is 40.3 Å². The molecule has 5 nitrogen and oxygen atoms in total. The third-order valence-corrected chi connectivity index (χ3v) is 3.93. The van der Waals surface area contributed by atoms with Crippen molar-refractivity contribution in [2.24, 2.45) is 5.73 Å². The van der Waals surface area contributed by atoms with Crippen molar-refractivity contribution in [1.82, 2.24) is 19.7 Å². The van der Waals surface area contributed by atoms with Crippen molar-refractivity contribution >= 4 is 45.8 Å². The summed E-state index contributed by atoms with van der Waals surface area (Å²) in [4.78, 5) is 7.96. The van der Waals surface area contributed by atoms with Crippen LogP contribution in [0.2, 0.25) is 10.4 Å². The largest absolute Gasteiger partial charge is 0.321 e. The lowest BCUT2D eigenvalue weighted by Gasteiger charge is -2.13. The van der Waals surface area contributed by atoms with Crippen LogP contribution in [0.1, 0.15) is 11.7 Å². The minimum atomic E-state index is -0.334. The molecule has 2 heterocycles. The lowest BCUT2D eigenvalue weighted by atomic mass is 10.2. The summed E-state index contributed by atoms with van der Waals surface area (Å²) in [5.41, 5.74) is 6.68. The van der Waals surface area contributed by atoms with Gasteiger partial charge in [0.2, 0.25) is 5.28 Å². The highest BCUT2D eigenvalue weighted by molar-refractivity contribution is 14.1. The first kappa shape index (κ1) is 13.0. The second kappa shape index (κ2) is 5.47. The normalized spacial score (nSPS) is 12.7. The highest BCUT2D eigenvalue weighted by Crippen LogP contribution is 2.25. The zero-order chi connectivity index (χ0) is 12.4. The lowest BCUT2D eigenvalue weighted by Crippen LogP contribution is -2.21. The molecule has 1 atom stereocenters. The molecule has 8 heteroatoms. The monoisotopic (exact) mass is 383 g/mol. The Labute approximate surface area is 121 Å². The molecule has 2 aromatic heterocycles. The van der Waals surface area contributed by atoms with Gasteiger partial charge in [-0.15, -0.1) is 0 Å². The zero-order valence-corrected chi connectivity index (χ0v) is 12.2. The molecule has 0 saturated carbocycles. The fourth-order valence-corrected chi connectivity index (χ4v) is 2.39. The third-order valence-electron chi connectivity index (χ3n) is 2.10. The van der Waals surface area contributed by atoms with Gasteiger partial charge in [0.1, 0.15) is 5.15 Å². The van der Waals surface area contributed by atoms with Crippen LogP contribution in [0.5, 0.6) is 0 Å². The summed E-state index contributed by atoms with van der Waals surface area (Å²) in [6.07, 6.45) is 3.52. The van der Waals surface area contributed by atoms with Crippen LogP contribution in [0.4, 0.5) is 0 Å². The van der Waals surface area contributed by atoms with Crippen LogP contribution in [0.15, 0.2) is 18.5 Å². The molecule has 0 aliphatic rings. The van der Waals surface area contributed by atoms with Gasteiger partial charge in [-0.3, -0.25) is 4.68 Å². The molecule has 0 aliphatic heterocycles. The minimum Gasteiger partial charge on any atom is -0.321 e. The van der Waals surface area contributed by atoms with Gasteiger partial charge in [-0.2, -0.15) is 5.10 Å². The summed E-state index contributed by atoms with van der Waals surface area (Å²) in [7, 11) is 0. The molecule has 2 aromatic rings. The molecule has 0 saturated heterocycles. The Bertz CT molecular complexity index is 516. The Morgan fingerprint density at radius 2 is 2.18 bits per heavy atom. The van der Waals surface area contributed by atoms with Crippen molar-refractivity contribution in [1.29, 1.82) is 0 Å². The molecular weight excluding hydrogens is 376 g/mol. The fourth-order valence-electron chi connectivity index (χ4n) is 1.35. The van der Waals surface area contributed by atoms with E-state index >= 15 is 0 Å². The van der Waals surface area contributed by atoms with Gasteiger partial charge in [0.25, 0.3) is 0 Å². The zero-order valence-electron chi connectivity index (χ0n) is 8.52. The molecule has 0 amide bonds. The van der Waals surface area contributed by atoms with Crippen molar-refractivity contribution in [2.45, 2.75) is 12.6 Å². The molecule has 2 N–H and O–H groups in total. The van der Waals surface area contributed by atoms with Gasteiger partial charge in [0, 0.05) is 12.4 Å².